The highest BCUT2D eigenvalue weighted by molar-refractivity contribution is 5.91. The molecule has 0 fully saturated rings. The predicted molar refractivity (Wildman–Crippen MR) is 76.5 cm³/mol. The third kappa shape index (κ3) is 5.60. The Bertz CT molecular complexity index is 409. The number of carbonyl (C=O) groups excluding carboxylic acids is 1. The lowest BCUT2D eigenvalue weighted by Crippen LogP contribution is -2.17. The summed E-state index contributed by atoms with van der Waals surface area (Å²) in [6.45, 7) is 4.02. The number of hydrogen-bond donors (Lipinski definition) is 0. The second-order valence-corrected chi connectivity index (χ2v) is 4.48. The molecule has 0 aliphatic heterocycles. The Balaban J connectivity index is 2.64. The van der Waals surface area contributed by atoms with Crippen LogP contribution in [0.15, 0.2) is 36.1 Å². The Morgan fingerprint density at radius 1 is 1.32 bits per heavy atom. The maximum Gasteiger partial charge on any atom is 0.373 e. The minimum atomic E-state index is -0.407. The van der Waals surface area contributed by atoms with Crippen LogP contribution in [0.3, 0.4) is 0 Å². The van der Waals surface area contributed by atoms with Gasteiger partial charge in [0, 0.05) is 0 Å². The lowest BCUT2D eigenvalue weighted by molar-refractivity contribution is -0.147. The second-order valence-electron chi connectivity index (χ2n) is 4.48. The fraction of sp³-hybridized carbons (Fsp3) is 0.438. The Hall–Kier alpha value is -1.77. The van der Waals surface area contributed by atoms with Crippen molar-refractivity contribution in [1.82, 2.24) is 0 Å². The molecule has 0 saturated heterocycles. The van der Waals surface area contributed by atoms with Crippen molar-refractivity contribution in [1.29, 1.82) is 0 Å². The molecule has 0 amide bonds. The van der Waals surface area contributed by atoms with Crippen molar-refractivity contribution in [2.24, 2.45) is 0 Å². The van der Waals surface area contributed by atoms with Crippen LogP contribution in [0.5, 0.6) is 0 Å². The number of esters is 1. The summed E-state index contributed by atoms with van der Waals surface area (Å²) in [7, 11) is 1.48. The summed E-state index contributed by atoms with van der Waals surface area (Å²) in [6, 6.07) is 9.57. The molecule has 0 saturated carbocycles. The molecule has 19 heavy (non-hydrogen) atoms. The fourth-order valence-electron chi connectivity index (χ4n) is 1.69. The van der Waals surface area contributed by atoms with Gasteiger partial charge in [-0.1, -0.05) is 50.1 Å². The third-order valence-corrected chi connectivity index (χ3v) is 2.79. The lowest BCUT2D eigenvalue weighted by atomic mass is 10.2. The molecule has 1 atom stereocenters. The van der Waals surface area contributed by atoms with E-state index in [0.717, 1.165) is 24.8 Å². The van der Waals surface area contributed by atoms with Crippen molar-refractivity contribution >= 4 is 12.0 Å². The van der Waals surface area contributed by atoms with E-state index in [2.05, 4.69) is 6.92 Å². The topological polar surface area (TPSA) is 35.5 Å². The molecule has 0 heterocycles. The van der Waals surface area contributed by atoms with Crippen LogP contribution in [-0.4, -0.2) is 19.2 Å². The van der Waals surface area contributed by atoms with E-state index in [0.29, 0.717) is 0 Å². The molecule has 104 valence electrons. The van der Waals surface area contributed by atoms with E-state index in [1.165, 1.54) is 7.11 Å². The zero-order chi connectivity index (χ0) is 14.1. The van der Waals surface area contributed by atoms with Crippen molar-refractivity contribution in [3.8, 4) is 0 Å². The molecule has 0 aromatic heterocycles. The molecule has 0 bridgehead atoms. The minimum absolute atomic E-state index is 0.0817. The molecule has 0 aliphatic carbocycles. The van der Waals surface area contributed by atoms with Crippen LogP contribution in [0.25, 0.3) is 6.08 Å². The van der Waals surface area contributed by atoms with Crippen LogP contribution in [-0.2, 0) is 14.3 Å². The first-order chi connectivity index (χ1) is 9.17. The fourth-order valence-corrected chi connectivity index (χ4v) is 1.69. The summed E-state index contributed by atoms with van der Waals surface area (Å²) in [4.78, 5) is 11.9. The van der Waals surface area contributed by atoms with Gasteiger partial charge in [0.2, 0.25) is 5.76 Å². The number of ether oxygens (including phenoxy) is 2. The molecular weight excluding hydrogens is 240 g/mol. The molecule has 1 aromatic carbocycles. The van der Waals surface area contributed by atoms with E-state index >= 15 is 0 Å². The van der Waals surface area contributed by atoms with E-state index in [4.69, 9.17) is 9.47 Å². The summed E-state index contributed by atoms with van der Waals surface area (Å²) in [5, 5.41) is 0. The van der Waals surface area contributed by atoms with Crippen molar-refractivity contribution in [3.05, 3.63) is 41.7 Å². The maximum atomic E-state index is 11.9. The van der Waals surface area contributed by atoms with Crippen LogP contribution in [0.4, 0.5) is 0 Å². The molecule has 1 rings (SSSR count). The molecule has 1 unspecified atom stereocenters. The summed E-state index contributed by atoms with van der Waals surface area (Å²) in [5.74, 6) is -0.176. The first-order valence-corrected chi connectivity index (χ1v) is 6.69. The molecular formula is C16H22O3. The highest BCUT2D eigenvalue weighted by Gasteiger charge is 2.15. The van der Waals surface area contributed by atoms with Gasteiger partial charge in [-0.15, -0.1) is 0 Å². The lowest BCUT2D eigenvalue weighted by Gasteiger charge is -2.13. The highest BCUT2D eigenvalue weighted by Crippen LogP contribution is 2.12. The average molecular weight is 262 g/mol. The number of benzene rings is 1. The van der Waals surface area contributed by atoms with E-state index in [-0.39, 0.29) is 11.9 Å². The van der Waals surface area contributed by atoms with Gasteiger partial charge in [0.1, 0.15) is 0 Å². The minimum Gasteiger partial charge on any atom is -0.490 e. The molecule has 1 aromatic rings. The summed E-state index contributed by atoms with van der Waals surface area (Å²) >= 11 is 0. The van der Waals surface area contributed by atoms with E-state index in [9.17, 15) is 4.79 Å². The normalized spacial score (nSPS) is 12.9. The quantitative estimate of drug-likeness (QED) is 0.426. The van der Waals surface area contributed by atoms with Gasteiger partial charge in [-0.05, 0) is 25.0 Å². The van der Waals surface area contributed by atoms with Crippen molar-refractivity contribution < 1.29 is 14.3 Å². The number of rotatable bonds is 7. The molecule has 0 spiro atoms. The third-order valence-electron chi connectivity index (χ3n) is 2.79. The monoisotopic (exact) mass is 262 g/mol. The number of unbranched alkanes of at least 4 members (excludes halogenated alkanes) is 1. The smallest absolute Gasteiger partial charge is 0.373 e. The summed E-state index contributed by atoms with van der Waals surface area (Å²) in [5.41, 5.74) is 0.914. The Morgan fingerprint density at radius 3 is 2.58 bits per heavy atom. The number of methoxy groups -OCH3 is 1. The second kappa shape index (κ2) is 8.35. The van der Waals surface area contributed by atoms with Crippen molar-refractivity contribution in [3.63, 3.8) is 0 Å². The van der Waals surface area contributed by atoms with Gasteiger partial charge < -0.3 is 9.47 Å². The highest BCUT2D eigenvalue weighted by atomic mass is 16.6. The Morgan fingerprint density at radius 2 is 2.00 bits per heavy atom. The maximum absolute atomic E-state index is 11.9. The van der Waals surface area contributed by atoms with Gasteiger partial charge in [0.15, 0.2) is 0 Å². The van der Waals surface area contributed by atoms with E-state index in [1.807, 2.05) is 37.3 Å². The van der Waals surface area contributed by atoms with Gasteiger partial charge >= 0.3 is 5.97 Å². The van der Waals surface area contributed by atoms with Crippen LogP contribution < -0.4 is 0 Å². The average Bonchev–Trinajstić information content (AvgIpc) is 2.43. The van der Waals surface area contributed by atoms with E-state index < -0.39 is 5.97 Å². The first kappa shape index (κ1) is 15.3. The first-order valence-electron chi connectivity index (χ1n) is 6.69. The van der Waals surface area contributed by atoms with Crippen LogP contribution in [0.2, 0.25) is 0 Å². The van der Waals surface area contributed by atoms with Crippen molar-refractivity contribution in [2.75, 3.05) is 7.11 Å². The number of carbonyl (C=O) groups is 1. The molecule has 0 N–H and O–H groups in total. The van der Waals surface area contributed by atoms with Gasteiger partial charge in [-0.2, -0.15) is 0 Å². The largest absolute Gasteiger partial charge is 0.490 e. The van der Waals surface area contributed by atoms with Crippen LogP contribution >= 0.6 is 0 Å². The van der Waals surface area contributed by atoms with Crippen LogP contribution in [0.1, 0.15) is 38.7 Å². The van der Waals surface area contributed by atoms with Gasteiger partial charge in [-0.3, -0.25) is 0 Å². The van der Waals surface area contributed by atoms with Crippen molar-refractivity contribution in [2.45, 2.75) is 39.2 Å². The zero-order valence-electron chi connectivity index (χ0n) is 11.9. The standard InChI is InChI=1S/C16H22O3/c1-4-5-9-13(2)19-16(17)15(18-3)12-14-10-7-6-8-11-14/h6-8,10-13H,4-5,9H2,1-3H3. The van der Waals surface area contributed by atoms with E-state index in [1.54, 1.807) is 6.08 Å². The molecule has 3 heteroatoms. The van der Waals surface area contributed by atoms with Gasteiger partial charge in [-0.25, -0.2) is 4.79 Å². The molecule has 3 nitrogen and oxygen atoms in total. The Labute approximate surface area is 115 Å². The zero-order valence-corrected chi connectivity index (χ0v) is 11.9. The summed E-state index contributed by atoms with van der Waals surface area (Å²) in [6.07, 6.45) is 4.64. The molecule has 0 aliphatic rings. The SMILES string of the molecule is CCCCC(C)OC(=O)C(=Cc1ccccc1)OC. The Kier molecular flexibility index (Phi) is 6.72. The van der Waals surface area contributed by atoms with Gasteiger partial charge in [0.25, 0.3) is 0 Å². The molecule has 0 radical (unpaired) electrons. The summed E-state index contributed by atoms with van der Waals surface area (Å²) < 4.78 is 10.5. The van der Waals surface area contributed by atoms with Crippen LogP contribution in [0, 0.1) is 0 Å². The van der Waals surface area contributed by atoms with Gasteiger partial charge in [0.05, 0.1) is 13.2 Å². The predicted octanol–water partition coefficient (Wildman–Crippen LogP) is 3.80. The number of hydrogen-bond acceptors (Lipinski definition) is 3.